The maximum atomic E-state index is 9.19. The van der Waals surface area contributed by atoms with Crippen molar-refractivity contribution in [1.29, 1.82) is 0 Å². The Morgan fingerprint density at radius 2 is 2.29 bits per heavy atom. The predicted molar refractivity (Wildman–Crippen MR) is 55.0 cm³/mol. The van der Waals surface area contributed by atoms with Gasteiger partial charge in [-0.15, -0.1) is 0 Å². The highest BCUT2D eigenvalue weighted by Crippen LogP contribution is 2.41. The fraction of sp³-hybridized carbons (Fsp3) is 0.727. The summed E-state index contributed by atoms with van der Waals surface area (Å²) in [6.45, 7) is 5.48. The van der Waals surface area contributed by atoms with Gasteiger partial charge in [-0.05, 0) is 18.8 Å². The molecule has 2 rings (SSSR count). The third-order valence-corrected chi connectivity index (χ3v) is 2.63. The Morgan fingerprint density at radius 1 is 1.57 bits per heavy atom. The standard InChI is InChI=1S/C11H18N2O/c1-8(2)6-13-11(9-3-4-9)10(7-14)5-12-13/h5,8-9,14H,3-4,6-7H2,1-2H3. The smallest absolute Gasteiger partial charge is 0.0715 e. The third kappa shape index (κ3) is 1.82. The van der Waals surface area contributed by atoms with Crippen LogP contribution >= 0.6 is 0 Å². The second-order valence-electron chi connectivity index (χ2n) is 4.56. The summed E-state index contributed by atoms with van der Waals surface area (Å²) in [5.74, 6) is 1.28. The van der Waals surface area contributed by atoms with Crippen LogP contribution in [0.3, 0.4) is 0 Å². The largest absolute Gasteiger partial charge is 0.392 e. The average Bonchev–Trinajstić information content (AvgIpc) is 2.88. The highest BCUT2D eigenvalue weighted by molar-refractivity contribution is 5.25. The second-order valence-corrected chi connectivity index (χ2v) is 4.56. The Morgan fingerprint density at radius 3 is 2.79 bits per heavy atom. The molecule has 1 N–H and O–H groups in total. The van der Waals surface area contributed by atoms with Crippen LogP contribution < -0.4 is 0 Å². The van der Waals surface area contributed by atoms with Gasteiger partial charge in [0.2, 0.25) is 0 Å². The molecule has 0 amide bonds. The molecule has 0 aliphatic heterocycles. The Hall–Kier alpha value is -0.830. The summed E-state index contributed by atoms with van der Waals surface area (Å²) in [4.78, 5) is 0. The average molecular weight is 194 g/mol. The van der Waals surface area contributed by atoms with Crippen LogP contribution in [0.2, 0.25) is 0 Å². The second kappa shape index (κ2) is 3.73. The van der Waals surface area contributed by atoms with Crippen molar-refractivity contribution in [1.82, 2.24) is 9.78 Å². The first-order chi connectivity index (χ1) is 6.72. The first-order valence-corrected chi connectivity index (χ1v) is 5.37. The highest BCUT2D eigenvalue weighted by Gasteiger charge is 2.29. The molecule has 0 atom stereocenters. The zero-order chi connectivity index (χ0) is 10.1. The minimum absolute atomic E-state index is 0.129. The molecule has 14 heavy (non-hydrogen) atoms. The lowest BCUT2D eigenvalue weighted by molar-refractivity contribution is 0.280. The van der Waals surface area contributed by atoms with E-state index in [0.29, 0.717) is 11.8 Å². The van der Waals surface area contributed by atoms with E-state index >= 15 is 0 Å². The molecule has 1 saturated carbocycles. The molecule has 78 valence electrons. The van der Waals surface area contributed by atoms with Crippen LogP contribution in [0.15, 0.2) is 6.20 Å². The van der Waals surface area contributed by atoms with Gasteiger partial charge in [0, 0.05) is 23.7 Å². The predicted octanol–water partition coefficient (Wildman–Crippen LogP) is 1.91. The molecule has 0 unspecified atom stereocenters. The van der Waals surface area contributed by atoms with Crippen molar-refractivity contribution < 1.29 is 5.11 Å². The number of hydrogen-bond donors (Lipinski definition) is 1. The van der Waals surface area contributed by atoms with Gasteiger partial charge in [0.05, 0.1) is 12.8 Å². The Labute approximate surface area is 84.7 Å². The minimum Gasteiger partial charge on any atom is -0.392 e. The molecule has 0 aromatic carbocycles. The molecule has 3 nitrogen and oxygen atoms in total. The molecule has 1 heterocycles. The Bertz CT molecular complexity index is 313. The van der Waals surface area contributed by atoms with Gasteiger partial charge in [-0.3, -0.25) is 4.68 Å². The van der Waals surface area contributed by atoms with Crippen molar-refractivity contribution in [3.05, 3.63) is 17.5 Å². The van der Waals surface area contributed by atoms with Crippen LogP contribution in [0.5, 0.6) is 0 Å². The van der Waals surface area contributed by atoms with E-state index in [1.165, 1.54) is 18.5 Å². The first kappa shape index (κ1) is 9.71. The maximum absolute atomic E-state index is 9.19. The van der Waals surface area contributed by atoms with Gasteiger partial charge in [-0.25, -0.2) is 0 Å². The summed E-state index contributed by atoms with van der Waals surface area (Å²) in [5, 5.41) is 13.5. The normalized spacial score (nSPS) is 16.6. The summed E-state index contributed by atoms with van der Waals surface area (Å²) in [7, 11) is 0. The van der Waals surface area contributed by atoms with Crippen LogP contribution in [0.1, 0.15) is 43.9 Å². The summed E-state index contributed by atoms with van der Waals surface area (Å²) in [6, 6.07) is 0. The third-order valence-electron chi connectivity index (χ3n) is 2.63. The lowest BCUT2D eigenvalue weighted by atomic mass is 10.1. The Kier molecular flexibility index (Phi) is 2.59. The molecule has 0 bridgehead atoms. The molecule has 0 radical (unpaired) electrons. The zero-order valence-electron chi connectivity index (χ0n) is 8.90. The molecule has 1 aliphatic rings. The number of rotatable bonds is 4. The van der Waals surface area contributed by atoms with Crippen LogP contribution in [-0.4, -0.2) is 14.9 Å². The summed E-state index contributed by atoms with van der Waals surface area (Å²) in [6.07, 6.45) is 4.34. The van der Waals surface area contributed by atoms with E-state index in [4.69, 9.17) is 0 Å². The van der Waals surface area contributed by atoms with Crippen molar-refractivity contribution in [2.24, 2.45) is 5.92 Å². The molecular weight excluding hydrogens is 176 g/mol. The monoisotopic (exact) mass is 194 g/mol. The lowest BCUT2D eigenvalue weighted by Crippen LogP contribution is -2.09. The van der Waals surface area contributed by atoms with E-state index in [0.717, 1.165) is 12.1 Å². The molecule has 3 heteroatoms. The van der Waals surface area contributed by atoms with E-state index in [1.807, 2.05) is 6.20 Å². The van der Waals surface area contributed by atoms with Gasteiger partial charge in [-0.2, -0.15) is 5.10 Å². The van der Waals surface area contributed by atoms with Crippen molar-refractivity contribution >= 4 is 0 Å². The van der Waals surface area contributed by atoms with Crippen LogP contribution in [-0.2, 0) is 13.2 Å². The van der Waals surface area contributed by atoms with Crippen molar-refractivity contribution in [3.63, 3.8) is 0 Å². The molecular formula is C11H18N2O. The number of nitrogens with zero attached hydrogens (tertiary/aromatic N) is 2. The summed E-state index contributed by atoms with van der Waals surface area (Å²) in [5.41, 5.74) is 2.30. The first-order valence-electron chi connectivity index (χ1n) is 5.37. The van der Waals surface area contributed by atoms with Crippen LogP contribution in [0, 0.1) is 5.92 Å². The molecule has 1 aromatic heterocycles. The topological polar surface area (TPSA) is 38.0 Å². The number of aliphatic hydroxyl groups is 1. The summed E-state index contributed by atoms with van der Waals surface area (Å²) < 4.78 is 2.08. The quantitative estimate of drug-likeness (QED) is 0.795. The van der Waals surface area contributed by atoms with E-state index < -0.39 is 0 Å². The van der Waals surface area contributed by atoms with Gasteiger partial charge >= 0.3 is 0 Å². The molecule has 0 saturated heterocycles. The lowest BCUT2D eigenvalue weighted by Gasteiger charge is -2.10. The molecule has 0 spiro atoms. The Balaban J connectivity index is 2.25. The molecule has 1 aromatic rings. The van der Waals surface area contributed by atoms with Gasteiger partial charge in [0.1, 0.15) is 0 Å². The maximum Gasteiger partial charge on any atom is 0.0715 e. The molecule has 1 fully saturated rings. The minimum atomic E-state index is 0.129. The molecule has 1 aliphatic carbocycles. The summed E-state index contributed by atoms with van der Waals surface area (Å²) >= 11 is 0. The van der Waals surface area contributed by atoms with E-state index in [1.54, 1.807) is 0 Å². The fourth-order valence-electron chi connectivity index (χ4n) is 1.88. The van der Waals surface area contributed by atoms with Gasteiger partial charge in [0.25, 0.3) is 0 Å². The zero-order valence-corrected chi connectivity index (χ0v) is 8.90. The number of hydrogen-bond acceptors (Lipinski definition) is 2. The van der Waals surface area contributed by atoms with Crippen molar-refractivity contribution in [2.75, 3.05) is 0 Å². The van der Waals surface area contributed by atoms with Gasteiger partial charge < -0.3 is 5.11 Å². The van der Waals surface area contributed by atoms with Gasteiger partial charge in [-0.1, -0.05) is 13.8 Å². The van der Waals surface area contributed by atoms with Crippen molar-refractivity contribution in [3.8, 4) is 0 Å². The van der Waals surface area contributed by atoms with Crippen LogP contribution in [0.4, 0.5) is 0 Å². The number of aromatic nitrogens is 2. The van der Waals surface area contributed by atoms with Crippen LogP contribution in [0.25, 0.3) is 0 Å². The van der Waals surface area contributed by atoms with Crippen molar-refractivity contribution in [2.45, 2.75) is 45.8 Å². The van der Waals surface area contributed by atoms with E-state index in [9.17, 15) is 5.11 Å². The van der Waals surface area contributed by atoms with E-state index in [2.05, 4.69) is 23.6 Å². The van der Waals surface area contributed by atoms with Gasteiger partial charge in [0.15, 0.2) is 0 Å². The number of aliphatic hydroxyl groups excluding tert-OH is 1. The van der Waals surface area contributed by atoms with E-state index in [-0.39, 0.29) is 6.61 Å². The fourth-order valence-corrected chi connectivity index (χ4v) is 1.88. The SMILES string of the molecule is CC(C)Cn1ncc(CO)c1C1CC1. The highest BCUT2D eigenvalue weighted by atomic mass is 16.3.